The minimum absolute atomic E-state index is 0.0986. The molecule has 0 bridgehead atoms. The van der Waals surface area contributed by atoms with E-state index in [0.29, 0.717) is 33.3 Å². The molecule has 2 unspecified atom stereocenters. The fourth-order valence-electron chi connectivity index (χ4n) is 4.56. The molecule has 0 spiro atoms. The van der Waals surface area contributed by atoms with E-state index in [-0.39, 0.29) is 24.0 Å². The Morgan fingerprint density at radius 3 is 2.84 bits per heavy atom. The highest BCUT2D eigenvalue weighted by Crippen LogP contribution is 2.40. The summed E-state index contributed by atoms with van der Waals surface area (Å²) in [6, 6.07) is 10.5. The van der Waals surface area contributed by atoms with Crippen LogP contribution < -0.4 is 5.32 Å². The molecule has 1 amide bonds. The molecule has 32 heavy (non-hydrogen) atoms. The second-order valence-electron chi connectivity index (χ2n) is 8.76. The van der Waals surface area contributed by atoms with E-state index in [9.17, 15) is 9.90 Å². The first-order chi connectivity index (χ1) is 15.5. The van der Waals surface area contributed by atoms with Crippen molar-refractivity contribution in [1.29, 1.82) is 0 Å². The zero-order chi connectivity index (χ0) is 23.2. The summed E-state index contributed by atoms with van der Waals surface area (Å²) >= 11 is 0. The molecule has 0 aromatic heterocycles. The van der Waals surface area contributed by atoms with Crippen LogP contribution in [0.5, 0.6) is 0 Å². The predicted octanol–water partition coefficient (Wildman–Crippen LogP) is 5.83. The normalized spacial score (nSPS) is 24.8. The van der Waals surface area contributed by atoms with Gasteiger partial charge >= 0.3 is 0 Å². The summed E-state index contributed by atoms with van der Waals surface area (Å²) in [5, 5.41) is 13.5. The molecule has 0 heterocycles. The summed E-state index contributed by atoms with van der Waals surface area (Å²) < 4.78 is 5.98. The van der Waals surface area contributed by atoms with Gasteiger partial charge in [-0.05, 0) is 68.8 Å². The van der Waals surface area contributed by atoms with Gasteiger partial charge in [0, 0.05) is 21.5 Å². The highest BCUT2D eigenvalue weighted by Gasteiger charge is 2.37. The van der Waals surface area contributed by atoms with Gasteiger partial charge in [-0.25, -0.2) is 0 Å². The molecule has 1 aliphatic carbocycles. The van der Waals surface area contributed by atoms with E-state index < -0.39 is 0 Å². The maximum absolute atomic E-state index is 11.5. The van der Waals surface area contributed by atoms with Gasteiger partial charge in [-0.15, -0.1) is 0 Å². The van der Waals surface area contributed by atoms with Crippen LogP contribution in [-0.2, 0) is 15.7 Å². The number of aliphatic hydroxyl groups is 1. The standard InChI is InChI=1S/C26H41NO3P2/c1-3-27-26(29)14-10-5-4-9-13-24-23(20(2)19-25(24)28)18-17-22(30-32-31)16-15-21-11-7-6-8-12-21/h4,6-9,11-12,17-18,20,22-25,28,32H,3,5,10,13-16,19,31H2,1-2H3,(H,27,29)/b9-4-,18-17+/t20-,22+,23+,24-,25+/m1/s1. The van der Waals surface area contributed by atoms with Gasteiger partial charge in [-0.1, -0.05) is 70.5 Å². The number of aliphatic hydroxyl groups excluding tert-OH is 1. The third-order valence-electron chi connectivity index (χ3n) is 6.31. The molecular weight excluding hydrogens is 436 g/mol. The lowest BCUT2D eigenvalue weighted by Crippen LogP contribution is -2.21. The van der Waals surface area contributed by atoms with Gasteiger partial charge in [0.2, 0.25) is 5.91 Å². The lowest BCUT2D eigenvalue weighted by Gasteiger charge is -2.21. The van der Waals surface area contributed by atoms with Crippen LogP contribution in [-0.4, -0.2) is 29.8 Å². The minimum atomic E-state index is -0.257. The second-order valence-corrected chi connectivity index (χ2v) is 9.94. The van der Waals surface area contributed by atoms with Crippen molar-refractivity contribution in [2.45, 2.75) is 71.0 Å². The van der Waals surface area contributed by atoms with Crippen LogP contribution in [0.2, 0.25) is 0 Å². The van der Waals surface area contributed by atoms with E-state index in [4.69, 9.17) is 4.52 Å². The summed E-state index contributed by atoms with van der Waals surface area (Å²) in [4.78, 5) is 11.5. The van der Waals surface area contributed by atoms with Gasteiger partial charge in [0.05, 0.1) is 12.2 Å². The first-order valence-electron chi connectivity index (χ1n) is 12.0. The topological polar surface area (TPSA) is 58.6 Å². The Hall–Kier alpha value is -1.05. The van der Waals surface area contributed by atoms with Crippen LogP contribution in [0, 0.1) is 17.8 Å². The largest absolute Gasteiger partial charge is 0.393 e. The molecule has 178 valence electrons. The smallest absolute Gasteiger partial charge is 0.219 e. The van der Waals surface area contributed by atoms with Crippen molar-refractivity contribution in [1.82, 2.24) is 5.32 Å². The Labute approximate surface area is 198 Å². The lowest BCUT2D eigenvalue weighted by atomic mass is 9.86. The number of unbranched alkanes of at least 4 members (excludes halogenated alkanes) is 1. The highest BCUT2D eigenvalue weighted by molar-refractivity contribution is 8.00. The molecule has 0 aliphatic heterocycles. The molecule has 0 saturated heterocycles. The van der Waals surface area contributed by atoms with E-state index in [2.05, 4.69) is 69.7 Å². The molecule has 6 heteroatoms. The number of nitrogens with one attached hydrogen (secondary N) is 1. The number of amides is 1. The van der Waals surface area contributed by atoms with Crippen LogP contribution in [0.3, 0.4) is 0 Å². The number of benzene rings is 1. The Morgan fingerprint density at radius 2 is 2.12 bits per heavy atom. The van der Waals surface area contributed by atoms with E-state index in [1.807, 2.05) is 13.0 Å². The third-order valence-corrected chi connectivity index (χ3v) is 7.16. The first kappa shape index (κ1) is 27.2. The molecule has 2 N–H and O–H groups in total. The quantitative estimate of drug-likeness (QED) is 0.201. The van der Waals surface area contributed by atoms with Crippen molar-refractivity contribution in [2.24, 2.45) is 17.8 Å². The number of carbonyl (C=O) groups excluding carboxylic acids is 1. The molecule has 1 aromatic rings. The monoisotopic (exact) mass is 477 g/mol. The summed E-state index contributed by atoms with van der Waals surface area (Å²) in [6.07, 6.45) is 14.8. The number of allylic oxidation sites excluding steroid dienone is 3. The molecule has 1 fully saturated rings. The van der Waals surface area contributed by atoms with Crippen molar-refractivity contribution < 1.29 is 14.4 Å². The van der Waals surface area contributed by atoms with Gasteiger partial charge in [0.15, 0.2) is 0 Å². The van der Waals surface area contributed by atoms with Crippen LogP contribution in [0.1, 0.15) is 57.9 Å². The van der Waals surface area contributed by atoms with Gasteiger partial charge in [-0.3, -0.25) is 4.79 Å². The zero-order valence-corrected chi connectivity index (χ0v) is 21.7. The summed E-state index contributed by atoms with van der Waals surface area (Å²) in [6.45, 7) is 4.87. The van der Waals surface area contributed by atoms with Crippen molar-refractivity contribution in [3.63, 3.8) is 0 Å². The van der Waals surface area contributed by atoms with Crippen molar-refractivity contribution in [2.75, 3.05) is 6.54 Å². The fourth-order valence-corrected chi connectivity index (χ4v) is 5.46. The van der Waals surface area contributed by atoms with E-state index >= 15 is 0 Å². The lowest BCUT2D eigenvalue weighted by molar-refractivity contribution is -0.121. The third kappa shape index (κ3) is 9.84. The molecule has 1 aliphatic rings. The van der Waals surface area contributed by atoms with Gasteiger partial charge < -0.3 is 14.9 Å². The van der Waals surface area contributed by atoms with Crippen LogP contribution >= 0.6 is 17.4 Å². The average Bonchev–Trinajstić information content (AvgIpc) is 3.05. The molecule has 2 rings (SSSR count). The Morgan fingerprint density at radius 1 is 1.34 bits per heavy atom. The predicted molar refractivity (Wildman–Crippen MR) is 140 cm³/mol. The maximum Gasteiger partial charge on any atom is 0.219 e. The Bertz CT molecular complexity index is 710. The SMILES string of the molecule is CCNC(=O)CCC/C=C\C[C@@H]1[C@@H](/C=C/[C@H](CCc2ccccc2)OPP)[C@H](C)C[C@@H]1O. The number of aryl methyl sites for hydroxylation is 1. The average molecular weight is 478 g/mol. The minimum Gasteiger partial charge on any atom is -0.393 e. The number of carbonyl (C=O) groups is 1. The van der Waals surface area contributed by atoms with Gasteiger partial charge in [0.25, 0.3) is 0 Å². The summed E-state index contributed by atoms with van der Waals surface area (Å²) in [5.74, 6) is 1.20. The van der Waals surface area contributed by atoms with Crippen molar-refractivity contribution in [3.05, 3.63) is 60.2 Å². The molecule has 0 radical (unpaired) electrons. The number of hydrogen-bond acceptors (Lipinski definition) is 3. The maximum atomic E-state index is 11.5. The Balaban J connectivity index is 1.86. The molecule has 7 atom stereocenters. The fraction of sp³-hybridized carbons (Fsp3) is 0.577. The molecule has 4 nitrogen and oxygen atoms in total. The zero-order valence-electron chi connectivity index (χ0n) is 19.6. The van der Waals surface area contributed by atoms with E-state index in [1.54, 1.807) is 0 Å². The first-order valence-corrected chi connectivity index (χ1v) is 14.7. The van der Waals surface area contributed by atoms with Gasteiger partial charge in [0.1, 0.15) is 0 Å². The van der Waals surface area contributed by atoms with Crippen molar-refractivity contribution in [3.8, 4) is 0 Å². The summed E-state index contributed by atoms with van der Waals surface area (Å²) in [7, 11) is 3.06. The van der Waals surface area contributed by atoms with E-state index in [1.165, 1.54) is 5.56 Å². The molecule has 1 saturated carbocycles. The van der Waals surface area contributed by atoms with E-state index in [0.717, 1.165) is 38.5 Å². The second kappa shape index (κ2) is 15.7. The molecular formula is C26H41NO3P2. The van der Waals surface area contributed by atoms with Gasteiger partial charge in [-0.2, -0.15) is 0 Å². The number of hydrogen-bond donors (Lipinski definition) is 2. The van der Waals surface area contributed by atoms with Crippen LogP contribution in [0.25, 0.3) is 0 Å². The van der Waals surface area contributed by atoms with Crippen LogP contribution in [0.4, 0.5) is 0 Å². The summed E-state index contributed by atoms with van der Waals surface area (Å²) in [5.41, 5.74) is 1.33. The van der Waals surface area contributed by atoms with Crippen molar-refractivity contribution >= 4 is 23.3 Å². The van der Waals surface area contributed by atoms with Crippen LogP contribution in [0.15, 0.2) is 54.6 Å². The number of rotatable bonds is 14. The Kier molecular flexibility index (Phi) is 13.4. The highest BCUT2D eigenvalue weighted by atomic mass is 32.0. The molecule has 1 aromatic carbocycles.